The van der Waals surface area contributed by atoms with E-state index in [2.05, 4.69) is 25.9 Å². The maximum Gasteiger partial charge on any atom is 0.142 e. The second kappa shape index (κ2) is 4.60. The smallest absolute Gasteiger partial charge is 0.142 e. The molecule has 0 unspecified atom stereocenters. The van der Waals surface area contributed by atoms with E-state index in [4.69, 9.17) is 5.73 Å². The molecule has 0 aromatic carbocycles. The van der Waals surface area contributed by atoms with Gasteiger partial charge < -0.3 is 10.6 Å². The minimum Gasteiger partial charge on any atom is -0.382 e. The fraction of sp³-hybridized carbons (Fsp3) is 0.308. The fourth-order valence-corrected chi connectivity index (χ4v) is 2.24. The summed E-state index contributed by atoms with van der Waals surface area (Å²) in [5.41, 5.74) is 8.38. The highest BCUT2D eigenvalue weighted by atomic mass is 15.1. The summed E-state index contributed by atoms with van der Waals surface area (Å²) >= 11 is 0. The molecule has 3 rings (SSSR count). The van der Waals surface area contributed by atoms with Crippen molar-refractivity contribution in [1.29, 1.82) is 0 Å². The molecule has 18 heavy (non-hydrogen) atoms. The number of hydrogen-bond acceptors (Lipinski definition) is 5. The molecule has 0 spiro atoms. The molecule has 5 nitrogen and oxygen atoms in total. The zero-order chi connectivity index (χ0) is 12.4. The van der Waals surface area contributed by atoms with E-state index in [9.17, 15) is 0 Å². The molecular formula is C13H15N5. The van der Waals surface area contributed by atoms with Gasteiger partial charge in [-0.25, -0.2) is 4.98 Å². The van der Waals surface area contributed by atoms with Gasteiger partial charge in [0, 0.05) is 25.0 Å². The van der Waals surface area contributed by atoms with Crippen LogP contribution in [-0.4, -0.2) is 28.0 Å². The molecule has 3 heterocycles. The van der Waals surface area contributed by atoms with Crippen LogP contribution in [0.2, 0.25) is 0 Å². The molecule has 1 aliphatic rings. The number of rotatable bonds is 2. The monoisotopic (exact) mass is 241 g/mol. The number of nitrogens with zero attached hydrogens (tertiary/aromatic N) is 4. The van der Waals surface area contributed by atoms with Crippen molar-refractivity contribution < 1.29 is 0 Å². The molecule has 1 saturated heterocycles. The van der Waals surface area contributed by atoms with Gasteiger partial charge in [-0.15, -0.1) is 0 Å². The van der Waals surface area contributed by atoms with Gasteiger partial charge in [0.1, 0.15) is 11.5 Å². The summed E-state index contributed by atoms with van der Waals surface area (Å²) < 4.78 is 0. The summed E-state index contributed by atoms with van der Waals surface area (Å²) in [4.78, 5) is 15.0. The molecule has 0 atom stereocenters. The predicted molar refractivity (Wildman–Crippen MR) is 71.1 cm³/mol. The van der Waals surface area contributed by atoms with Gasteiger partial charge in [-0.2, -0.15) is 0 Å². The highest BCUT2D eigenvalue weighted by Crippen LogP contribution is 2.23. The van der Waals surface area contributed by atoms with Gasteiger partial charge in [-0.05, 0) is 25.0 Å². The van der Waals surface area contributed by atoms with E-state index in [1.54, 1.807) is 6.20 Å². The van der Waals surface area contributed by atoms with Crippen LogP contribution < -0.4 is 10.6 Å². The lowest BCUT2D eigenvalue weighted by molar-refractivity contribution is 0.949. The summed E-state index contributed by atoms with van der Waals surface area (Å²) in [5.74, 6) is 0.417. The van der Waals surface area contributed by atoms with E-state index in [1.807, 2.05) is 12.3 Å². The number of nitrogen functional groups attached to an aromatic ring is 1. The number of pyridine rings is 1. The Hall–Kier alpha value is -2.17. The average molecular weight is 241 g/mol. The lowest BCUT2D eigenvalue weighted by atomic mass is 10.2. The zero-order valence-corrected chi connectivity index (χ0v) is 10.1. The molecule has 0 bridgehead atoms. The van der Waals surface area contributed by atoms with E-state index in [0.29, 0.717) is 5.82 Å². The normalized spacial score (nSPS) is 15.0. The van der Waals surface area contributed by atoms with Crippen LogP contribution in [0.1, 0.15) is 12.8 Å². The zero-order valence-electron chi connectivity index (χ0n) is 10.1. The molecule has 2 aromatic rings. The fourth-order valence-electron chi connectivity index (χ4n) is 2.24. The maximum atomic E-state index is 5.64. The number of hydrogen-bond donors (Lipinski definition) is 1. The van der Waals surface area contributed by atoms with Crippen LogP contribution in [-0.2, 0) is 0 Å². The van der Waals surface area contributed by atoms with Crippen molar-refractivity contribution >= 4 is 11.5 Å². The summed E-state index contributed by atoms with van der Waals surface area (Å²) in [6, 6.07) is 4.09. The van der Waals surface area contributed by atoms with E-state index in [-0.39, 0.29) is 0 Å². The SMILES string of the molecule is Nc1cncc(-c2cc(N3CCCC3)ccn2)n1. The molecule has 1 aliphatic heterocycles. The first-order valence-electron chi connectivity index (χ1n) is 6.12. The van der Waals surface area contributed by atoms with Gasteiger partial charge in [0.25, 0.3) is 0 Å². The van der Waals surface area contributed by atoms with Gasteiger partial charge in [-0.3, -0.25) is 9.97 Å². The van der Waals surface area contributed by atoms with Crippen LogP contribution in [0.4, 0.5) is 11.5 Å². The second-order valence-corrected chi connectivity index (χ2v) is 4.42. The second-order valence-electron chi connectivity index (χ2n) is 4.42. The Labute approximate surface area is 106 Å². The third-order valence-corrected chi connectivity index (χ3v) is 3.13. The predicted octanol–water partition coefficient (Wildman–Crippen LogP) is 1.72. The molecule has 0 saturated carbocycles. The Kier molecular flexibility index (Phi) is 2.80. The maximum absolute atomic E-state index is 5.64. The molecule has 5 heteroatoms. The van der Waals surface area contributed by atoms with E-state index in [0.717, 1.165) is 24.5 Å². The Morgan fingerprint density at radius 2 is 1.94 bits per heavy atom. The van der Waals surface area contributed by atoms with Gasteiger partial charge in [0.05, 0.1) is 18.1 Å². The molecule has 2 N–H and O–H groups in total. The largest absolute Gasteiger partial charge is 0.382 e. The molecule has 1 fully saturated rings. The van der Waals surface area contributed by atoms with Crippen LogP contribution in [0.3, 0.4) is 0 Å². The first-order chi connectivity index (χ1) is 8.83. The van der Waals surface area contributed by atoms with Crippen molar-refractivity contribution in [3.63, 3.8) is 0 Å². The topological polar surface area (TPSA) is 67.9 Å². The van der Waals surface area contributed by atoms with Gasteiger partial charge in [0.2, 0.25) is 0 Å². The lowest BCUT2D eigenvalue weighted by Crippen LogP contribution is -2.17. The lowest BCUT2D eigenvalue weighted by Gasteiger charge is -2.17. The molecular weight excluding hydrogens is 226 g/mol. The highest BCUT2D eigenvalue weighted by molar-refractivity contribution is 5.61. The minimum absolute atomic E-state index is 0.417. The standard InChI is InChI=1S/C13H15N5/c14-13-9-15-8-12(17-13)11-7-10(3-4-16-11)18-5-1-2-6-18/h3-4,7-9H,1-2,5-6H2,(H2,14,17). The number of aromatic nitrogens is 3. The minimum atomic E-state index is 0.417. The third kappa shape index (κ3) is 2.11. The van der Waals surface area contributed by atoms with Crippen LogP contribution in [0, 0.1) is 0 Å². The third-order valence-electron chi connectivity index (χ3n) is 3.13. The van der Waals surface area contributed by atoms with Gasteiger partial charge >= 0.3 is 0 Å². The molecule has 0 amide bonds. The Bertz CT molecular complexity index is 549. The summed E-state index contributed by atoms with van der Waals surface area (Å²) in [7, 11) is 0. The molecule has 0 aliphatic carbocycles. The van der Waals surface area contributed by atoms with Crippen LogP contribution in [0.5, 0.6) is 0 Å². The average Bonchev–Trinajstić information content (AvgIpc) is 2.93. The number of nitrogens with two attached hydrogens (primary N) is 1. The summed E-state index contributed by atoms with van der Waals surface area (Å²) in [6.45, 7) is 2.23. The first kappa shape index (κ1) is 11.0. The van der Waals surface area contributed by atoms with Crippen molar-refractivity contribution in [2.45, 2.75) is 12.8 Å². The Balaban J connectivity index is 1.95. The quantitative estimate of drug-likeness (QED) is 0.867. The summed E-state index contributed by atoms with van der Waals surface area (Å²) in [6.07, 6.45) is 7.56. The Morgan fingerprint density at radius 3 is 2.72 bits per heavy atom. The molecule has 0 radical (unpaired) electrons. The summed E-state index contributed by atoms with van der Waals surface area (Å²) in [5, 5.41) is 0. The van der Waals surface area contributed by atoms with Crippen molar-refractivity contribution in [3.8, 4) is 11.4 Å². The molecule has 2 aromatic heterocycles. The van der Waals surface area contributed by atoms with Crippen LogP contribution in [0.15, 0.2) is 30.7 Å². The van der Waals surface area contributed by atoms with Crippen molar-refractivity contribution in [1.82, 2.24) is 15.0 Å². The molecule has 92 valence electrons. The van der Waals surface area contributed by atoms with Crippen molar-refractivity contribution in [2.24, 2.45) is 0 Å². The number of anilines is 2. The van der Waals surface area contributed by atoms with Crippen LogP contribution >= 0.6 is 0 Å². The van der Waals surface area contributed by atoms with E-state index < -0.39 is 0 Å². The van der Waals surface area contributed by atoms with E-state index in [1.165, 1.54) is 24.7 Å². The van der Waals surface area contributed by atoms with Crippen molar-refractivity contribution in [2.75, 3.05) is 23.7 Å². The highest BCUT2D eigenvalue weighted by Gasteiger charge is 2.13. The van der Waals surface area contributed by atoms with E-state index >= 15 is 0 Å². The van der Waals surface area contributed by atoms with Gasteiger partial charge in [0.15, 0.2) is 0 Å². The van der Waals surface area contributed by atoms with Crippen LogP contribution in [0.25, 0.3) is 11.4 Å². The van der Waals surface area contributed by atoms with Crippen molar-refractivity contribution in [3.05, 3.63) is 30.7 Å². The Morgan fingerprint density at radius 1 is 1.11 bits per heavy atom. The van der Waals surface area contributed by atoms with Gasteiger partial charge in [-0.1, -0.05) is 0 Å². The first-order valence-corrected chi connectivity index (χ1v) is 6.12.